The molecule has 0 saturated carbocycles. The van der Waals surface area contributed by atoms with Crippen LogP contribution in [0.5, 0.6) is 0 Å². The molecule has 0 spiro atoms. The standard InChI is InChI=1S/C16H22N2OS/c1-4-20-14-8-15(16(2,3)10-19)18-13-6-5-11(9-17)7-12(13)14/h5-7,14-15,18-19H,4,8,10H2,1-3H3. The maximum absolute atomic E-state index is 9.60. The number of nitrogens with one attached hydrogen (secondary N) is 1. The largest absolute Gasteiger partial charge is 0.396 e. The highest BCUT2D eigenvalue weighted by atomic mass is 32.2. The molecule has 1 aliphatic rings. The van der Waals surface area contributed by atoms with Crippen LogP contribution < -0.4 is 5.32 Å². The number of anilines is 1. The summed E-state index contributed by atoms with van der Waals surface area (Å²) < 4.78 is 0. The molecule has 20 heavy (non-hydrogen) atoms. The second-order valence-corrected chi connectivity index (χ2v) is 7.42. The van der Waals surface area contributed by atoms with Gasteiger partial charge in [-0.1, -0.05) is 20.8 Å². The fourth-order valence-corrected chi connectivity index (χ4v) is 3.71. The molecule has 0 radical (unpaired) electrons. The first-order valence-corrected chi connectivity index (χ1v) is 8.09. The van der Waals surface area contributed by atoms with E-state index in [4.69, 9.17) is 5.26 Å². The number of fused-ring (bicyclic) bond motifs is 1. The van der Waals surface area contributed by atoms with Gasteiger partial charge in [-0.2, -0.15) is 17.0 Å². The van der Waals surface area contributed by atoms with Crippen LogP contribution in [0.3, 0.4) is 0 Å². The lowest BCUT2D eigenvalue weighted by atomic mass is 9.79. The van der Waals surface area contributed by atoms with E-state index in [1.807, 2.05) is 30.0 Å². The summed E-state index contributed by atoms with van der Waals surface area (Å²) >= 11 is 1.91. The first-order valence-electron chi connectivity index (χ1n) is 7.05. The Labute approximate surface area is 125 Å². The molecular weight excluding hydrogens is 268 g/mol. The fraction of sp³-hybridized carbons (Fsp3) is 0.562. The highest BCUT2D eigenvalue weighted by molar-refractivity contribution is 7.99. The van der Waals surface area contributed by atoms with E-state index in [0.29, 0.717) is 10.8 Å². The van der Waals surface area contributed by atoms with Crippen LogP contribution in [0.2, 0.25) is 0 Å². The smallest absolute Gasteiger partial charge is 0.0991 e. The fourth-order valence-electron chi connectivity index (χ4n) is 2.60. The first-order chi connectivity index (χ1) is 9.51. The monoisotopic (exact) mass is 290 g/mol. The molecule has 1 aromatic rings. The average molecular weight is 290 g/mol. The molecular formula is C16H22N2OS. The van der Waals surface area contributed by atoms with Crippen molar-refractivity contribution in [1.29, 1.82) is 5.26 Å². The number of aliphatic hydroxyl groups excluding tert-OH is 1. The number of nitrogens with zero attached hydrogens (tertiary/aromatic N) is 1. The van der Waals surface area contributed by atoms with Gasteiger partial charge in [-0.25, -0.2) is 0 Å². The van der Waals surface area contributed by atoms with Crippen LogP contribution in [0.4, 0.5) is 5.69 Å². The quantitative estimate of drug-likeness (QED) is 0.890. The van der Waals surface area contributed by atoms with E-state index in [-0.39, 0.29) is 18.1 Å². The second-order valence-electron chi connectivity index (χ2n) is 5.94. The highest BCUT2D eigenvalue weighted by Gasteiger charge is 2.35. The van der Waals surface area contributed by atoms with Gasteiger partial charge in [0.15, 0.2) is 0 Å². The lowest BCUT2D eigenvalue weighted by Gasteiger charge is -2.41. The van der Waals surface area contributed by atoms with Gasteiger partial charge in [-0.3, -0.25) is 0 Å². The Morgan fingerprint density at radius 1 is 1.50 bits per heavy atom. The third-order valence-corrected chi connectivity index (χ3v) is 5.21. The van der Waals surface area contributed by atoms with Gasteiger partial charge in [0.25, 0.3) is 0 Å². The SMILES string of the molecule is CCSC1CC(C(C)(C)CO)Nc2ccc(C#N)cc21. The molecule has 1 heterocycles. The Kier molecular flexibility index (Phi) is 4.62. The zero-order valence-electron chi connectivity index (χ0n) is 12.3. The third kappa shape index (κ3) is 2.94. The van der Waals surface area contributed by atoms with E-state index >= 15 is 0 Å². The molecule has 0 fully saturated rings. The Morgan fingerprint density at radius 3 is 2.85 bits per heavy atom. The minimum atomic E-state index is -0.155. The average Bonchev–Trinajstić information content (AvgIpc) is 2.46. The van der Waals surface area contributed by atoms with E-state index in [1.54, 1.807) is 0 Å². The summed E-state index contributed by atoms with van der Waals surface area (Å²) in [4.78, 5) is 0. The van der Waals surface area contributed by atoms with Gasteiger partial charge in [-0.15, -0.1) is 0 Å². The summed E-state index contributed by atoms with van der Waals surface area (Å²) in [6.45, 7) is 6.51. The minimum absolute atomic E-state index is 0.155. The van der Waals surface area contributed by atoms with Gasteiger partial charge < -0.3 is 10.4 Å². The van der Waals surface area contributed by atoms with Crippen molar-refractivity contribution in [3.8, 4) is 6.07 Å². The zero-order chi connectivity index (χ0) is 14.8. The molecule has 0 aromatic heterocycles. The Hall–Kier alpha value is -1.18. The molecule has 3 nitrogen and oxygen atoms in total. The maximum Gasteiger partial charge on any atom is 0.0991 e. The molecule has 0 aliphatic carbocycles. The Balaban J connectivity index is 2.36. The molecule has 1 aliphatic heterocycles. The molecule has 108 valence electrons. The minimum Gasteiger partial charge on any atom is -0.396 e. The molecule has 0 saturated heterocycles. The summed E-state index contributed by atoms with van der Waals surface area (Å²) in [6, 6.07) is 8.31. The van der Waals surface area contributed by atoms with Gasteiger partial charge in [0.2, 0.25) is 0 Å². The summed E-state index contributed by atoms with van der Waals surface area (Å²) in [6.07, 6.45) is 0.980. The van der Waals surface area contributed by atoms with E-state index in [9.17, 15) is 5.11 Å². The van der Waals surface area contributed by atoms with E-state index in [2.05, 4.69) is 32.2 Å². The van der Waals surface area contributed by atoms with Crippen LogP contribution in [0, 0.1) is 16.7 Å². The molecule has 2 unspecified atom stereocenters. The van der Waals surface area contributed by atoms with Crippen molar-refractivity contribution in [2.24, 2.45) is 5.41 Å². The number of benzene rings is 1. The molecule has 2 rings (SSSR count). The predicted molar refractivity (Wildman–Crippen MR) is 84.9 cm³/mol. The van der Waals surface area contributed by atoms with Crippen molar-refractivity contribution in [3.05, 3.63) is 29.3 Å². The van der Waals surface area contributed by atoms with E-state index in [0.717, 1.165) is 17.9 Å². The number of aliphatic hydroxyl groups is 1. The summed E-state index contributed by atoms with van der Waals surface area (Å²) in [5, 5.41) is 22.6. The Morgan fingerprint density at radius 2 is 2.25 bits per heavy atom. The van der Waals surface area contributed by atoms with Crippen molar-refractivity contribution < 1.29 is 5.11 Å². The molecule has 0 amide bonds. The summed E-state index contributed by atoms with van der Waals surface area (Å²) in [5.74, 6) is 1.05. The van der Waals surface area contributed by atoms with Crippen LogP contribution in [0.15, 0.2) is 18.2 Å². The van der Waals surface area contributed by atoms with Crippen LogP contribution in [-0.4, -0.2) is 23.5 Å². The van der Waals surface area contributed by atoms with Crippen molar-refractivity contribution in [3.63, 3.8) is 0 Å². The topological polar surface area (TPSA) is 56.0 Å². The lowest BCUT2D eigenvalue weighted by molar-refractivity contribution is 0.134. The number of hydrogen-bond acceptors (Lipinski definition) is 4. The van der Waals surface area contributed by atoms with Gasteiger partial charge in [0.1, 0.15) is 0 Å². The summed E-state index contributed by atoms with van der Waals surface area (Å²) in [7, 11) is 0. The Bertz CT molecular complexity index is 522. The van der Waals surface area contributed by atoms with Crippen LogP contribution >= 0.6 is 11.8 Å². The normalized spacial score (nSPS) is 21.8. The van der Waals surface area contributed by atoms with Crippen molar-refractivity contribution in [2.75, 3.05) is 17.7 Å². The molecule has 0 bridgehead atoms. The van der Waals surface area contributed by atoms with Gasteiger partial charge >= 0.3 is 0 Å². The van der Waals surface area contributed by atoms with E-state index in [1.165, 1.54) is 5.56 Å². The molecule has 2 N–H and O–H groups in total. The number of thioether (sulfide) groups is 1. The number of hydrogen-bond donors (Lipinski definition) is 2. The summed E-state index contributed by atoms with van der Waals surface area (Å²) in [5.41, 5.74) is 2.89. The van der Waals surface area contributed by atoms with Gasteiger partial charge in [0, 0.05) is 22.4 Å². The molecule has 4 heteroatoms. The predicted octanol–water partition coefficient (Wildman–Crippen LogP) is 3.56. The van der Waals surface area contributed by atoms with Crippen molar-refractivity contribution in [1.82, 2.24) is 0 Å². The zero-order valence-corrected chi connectivity index (χ0v) is 13.1. The third-order valence-electron chi connectivity index (χ3n) is 4.03. The van der Waals surface area contributed by atoms with Crippen LogP contribution in [0.1, 0.15) is 43.6 Å². The van der Waals surface area contributed by atoms with Crippen molar-refractivity contribution in [2.45, 2.75) is 38.5 Å². The maximum atomic E-state index is 9.60. The number of nitriles is 1. The van der Waals surface area contributed by atoms with Crippen LogP contribution in [-0.2, 0) is 0 Å². The highest BCUT2D eigenvalue weighted by Crippen LogP contribution is 2.45. The van der Waals surface area contributed by atoms with Gasteiger partial charge in [0.05, 0.1) is 18.2 Å². The first kappa shape index (κ1) is 15.2. The second kappa shape index (κ2) is 6.07. The molecule has 1 aromatic carbocycles. The number of rotatable bonds is 4. The molecule has 2 atom stereocenters. The lowest BCUT2D eigenvalue weighted by Crippen LogP contribution is -2.42. The van der Waals surface area contributed by atoms with Crippen LogP contribution in [0.25, 0.3) is 0 Å². The van der Waals surface area contributed by atoms with Gasteiger partial charge in [-0.05, 0) is 35.9 Å². The van der Waals surface area contributed by atoms with E-state index < -0.39 is 0 Å². The van der Waals surface area contributed by atoms with Crippen molar-refractivity contribution >= 4 is 17.4 Å².